The van der Waals surface area contributed by atoms with Crippen molar-refractivity contribution in [3.05, 3.63) is 42.5 Å². The van der Waals surface area contributed by atoms with Gasteiger partial charge >= 0.3 is 0 Å². The van der Waals surface area contributed by atoms with Crippen molar-refractivity contribution in [1.82, 2.24) is 15.3 Å². The Bertz CT molecular complexity index is 526. The van der Waals surface area contributed by atoms with E-state index in [-0.39, 0.29) is 5.91 Å². The number of hydrogen-bond acceptors (Lipinski definition) is 4. The van der Waals surface area contributed by atoms with Gasteiger partial charge in [-0.25, -0.2) is 4.98 Å². The van der Waals surface area contributed by atoms with Crippen LogP contribution in [0.25, 0.3) is 0 Å². The molecule has 0 unspecified atom stereocenters. The molecule has 5 nitrogen and oxygen atoms in total. The van der Waals surface area contributed by atoms with E-state index in [1.54, 1.807) is 12.4 Å². The number of carbonyl (C=O) groups excluding carboxylic acids is 1. The van der Waals surface area contributed by atoms with Gasteiger partial charge in [0.2, 0.25) is 5.91 Å². The van der Waals surface area contributed by atoms with Gasteiger partial charge in [-0.1, -0.05) is 0 Å². The summed E-state index contributed by atoms with van der Waals surface area (Å²) in [6, 6.07) is 7.73. The van der Waals surface area contributed by atoms with Gasteiger partial charge in [-0.05, 0) is 31.2 Å². The number of nitrogens with one attached hydrogen (secondary N) is 2. The standard InChI is InChI=1S/C14H17N3O2S/c1-2-19-11-3-5-12(6-4-11)20-10-14(18)17-9-13-15-7-8-16-13/h3-8H,2,9-10H2,1H3,(H,15,16)(H,17,18). The summed E-state index contributed by atoms with van der Waals surface area (Å²) in [4.78, 5) is 19.7. The van der Waals surface area contributed by atoms with Gasteiger partial charge in [-0.15, -0.1) is 11.8 Å². The molecular formula is C14H17N3O2S. The molecule has 2 rings (SSSR count). The second-order valence-electron chi connectivity index (χ2n) is 4.01. The number of carbonyl (C=O) groups is 1. The quantitative estimate of drug-likeness (QED) is 0.768. The molecule has 6 heteroatoms. The topological polar surface area (TPSA) is 67.0 Å². The number of imidazole rings is 1. The molecule has 0 aliphatic carbocycles. The monoisotopic (exact) mass is 291 g/mol. The van der Waals surface area contributed by atoms with Crippen LogP contribution in [0.1, 0.15) is 12.7 Å². The molecule has 1 amide bonds. The highest BCUT2D eigenvalue weighted by Crippen LogP contribution is 2.21. The van der Waals surface area contributed by atoms with Crippen molar-refractivity contribution in [1.29, 1.82) is 0 Å². The van der Waals surface area contributed by atoms with Crippen LogP contribution in [0.3, 0.4) is 0 Å². The predicted molar refractivity (Wildman–Crippen MR) is 78.8 cm³/mol. The summed E-state index contributed by atoms with van der Waals surface area (Å²) < 4.78 is 5.37. The average molecular weight is 291 g/mol. The molecule has 0 saturated carbocycles. The number of benzene rings is 1. The van der Waals surface area contributed by atoms with E-state index in [1.807, 2.05) is 31.2 Å². The van der Waals surface area contributed by atoms with Gasteiger partial charge in [0, 0.05) is 17.3 Å². The molecule has 2 aromatic rings. The largest absolute Gasteiger partial charge is 0.494 e. The zero-order valence-electron chi connectivity index (χ0n) is 11.3. The first-order valence-corrected chi connectivity index (χ1v) is 7.37. The van der Waals surface area contributed by atoms with Gasteiger partial charge < -0.3 is 15.0 Å². The fourth-order valence-corrected chi connectivity index (χ4v) is 2.30. The van der Waals surface area contributed by atoms with Gasteiger partial charge in [0.1, 0.15) is 11.6 Å². The summed E-state index contributed by atoms with van der Waals surface area (Å²) in [6.45, 7) is 3.03. The van der Waals surface area contributed by atoms with Crippen molar-refractivity contribution >= 4 is 17.7 Å². The summed E-state index contributed by atoms with van der Waals surface area (Å²) in [6.07, 6.45) is 3.40. The van der Waals surface area contributed by atoms with E-state index in [4.69, 9.17) is 4.74 Å². The van der Waals surface area contributed by atoms with Crippen LogP contribution in [0, 0.1) is 0 Å². The Hall–Kier alpha value is -1.95. The Morgan fingerprint density at radius 1 is 1.40 bits per heavy atom. The van der Waals surface area contributed by atoms with Crippen molar-refractivity contribution in [2.24, 2.45) is 0 Å². The van der Waals surface area contributed by atoms with Crippen LogP contribution in [0.2, 0.25) is 0 Å². The van der Waals surface area contributed by atoms with Gasteiger partial charge in [0.15, 0.2) is 0 Å². The molecule has 0 spiro atoms. The molecule has 20 heavy (non-hydrogen) atoms. The molecule has 0 radical (unpaired) electrons. The molecule has 0 aliphatic heterocycles. The van der Waals surface area contributed by atoms with Crippen LogP contribution in [-0.4, -0.2) is 28.2 Å². The fraction of sp³-hybridized carbons (Fsp3) is 0.286. The molecule has 2 N–H and O–H groups in total. The molecule has 0 saturated heterocycles. The van der Waals surface area contributed by atoms with E-state index in [1.165, 1.54) is 11.8 Å². The third kappa shape index (κ3) is 4.62. The zero-order chi connectivity index (χ0) is 14.2. The third-order valence-electron chi connectivity index (χ3n) is 2.51. The van der Waals surface area contributed by atoms with Crippen LogP contribution in [0.4, 0.5) is 0 Å². The highest BCUT2D eigenvalue weighted by molar-refractivity contribution is 8.00. The lowest BCUT2D eigenvalue weighted by Crippen LogP contribution is -2.25. The van der Waals surface area contributed by atoms with Crippen molar-refractivity contribution in [2.75, 3.05) is 12.4 Å². The number of aromatic nitrogens is 2. The third-order valence-corrected chi connectivity index (χ3v) is 3.52. The Kier molecular flexibility index (Phi) is 5.49. The molecule has 1 aromatic heterocycles. The lowest BCUT2D eigenvalue weighted by atomic mass is 10.3. The maximum atomic E-state index is 11.7. The Morgan fingerprint density at radius 2 is 2.20 bits per heavy atom. The van der Waals surface area contributed by atoms with E-state index in [0.29, 0.717) is 18.9 Å². The summed E-state index contributed by atoms with van der Waals surface area (Å²) in [7, 11) is 0. The fourth-order valence-electron chi connectivity index (χ4n) is 1.58. The van der Waals surface area contributed by atoms with Crippen molar-refractivity contribution < 1.29 is 9.53 Å². The summed E-state index contributed by atoms with van der Waals surface area (Å²) in [5, 5.41) is 2.81. The van der Waals surface area contributed by atoms with Crippen LogP contribution in [0.15, 0.2) is 41.6 Å². The maximum absolute atomic E-state index is 11.7. The zero-order valence-corrected chi connectivity index (χ0v) is 12.1. The van der Waals surface area contributed by atoms with Crippen LogP contribution in [0.5, 0.6) is 5.75 Å². The lowest BCUT2D eigenvalue weighted by molar-refractivity contribution is -0.118. The summed E-state index contributed by atoms with van der Waals surface area (Å²) >= 11 is 1.49. The smallest absolute Gasteiger partial charge is 0.230 e. The molecule has 0 fully saturated rings. The SMILES string of the molecule is CCOc1ccc(SCC(=O)NCc2ncc[nH]2)cc1. The Balaban J connectivity index is 1.72. The van der Waals surface area contributed by atoms with Crippen LogP contribution < -0.4 is 10.1 Å². The van der Waals surface area contributed by atoms with E-state index >= 15 is 0 Å². The van der Waals surface area contributed by atoms with Crippen molar-refractivity contribution in [3.8, 4) is 5.75 Å². The van der Waals surface area contributed by atoms with Gasteiger partial charge in [0.05, 0.1) is 18.9 Å². The molecule has 106 valence electrons. The predicted octanol–water partition coefficient (Wildman–Crippen LogP) is 2.22. The van der Waals surface area contributed by atoms with Crippen LogP contribution in [-0.2, 0) is 11.3 Å². The molecule has 0 bridgehead atoms. The highest BCUT2D eigenvalue weighted by atomic mass is 32.2. The number of ether oxygens (including phenoxy) is 1. The molecule has 0 aliphatic rings. The normalized spacial score (nSPS) is 10.2. The van der Waals surface area contributed by atoms with Gasteiger partial charge in [-0.3, -0.25) is 4.79 Å². The summed E-state index contributed by atoms with van der Waals surface area (Å²) in [5.41, 5.74) is 0. The van der Waals surface area contributed by atoms with E-state index in [2.05, 4.69) is 15.3 Å². The number of hydrogen-bond donors (Lipinski definition) is 2. The Morgan fingerprint density at radius 3 is 2.85 bits per heavy atom. The first-order valence-electron chi connectivity index (χ1n) is 6.38. The second-order valence-corrected chi connectivity index (χ2v) is 5.05. The number of thioether (sulfide) groups is 1. The number of amides is 1. The maximum Gasteiger partial charge on any atom is 0.230 e. The minimum atomic E-state index is -0.0136. The van der Waals surface area contributed by atoms with Gasteiger partial charge in [0.25, 0.3) is 0 Å². The lowest BCUT2D eigenvalue weighted by Gasteiger charge is -2.05. The second kappa shape index (κ2) is 7.59. The average Bonchev–Trinajstić information content (AvgIpc) is 2.98. The van der Waals surface area contributed by atoms with E-state index < -0.39 is 0 Å². The molecule has 0 atom stereocenters. The molecular weight excluding hydrogens is 274 g/mol. The van der Waals surface area contributed by atoms with Crippen LogP contribution >= 0.6 is 11.8 Å². The van der Waals surface area contributed by atoms with Crippen molar-refractivity contribution in [3.63, 3.8) is 0 Å². The number of nitrogens with zero attached hydrogens (tertiary/aromatic N) is 1. The summed E-state index contributed by atoms with van der Waals surface area (Å²) in [5.74, 6) is 1.97. The minimum absolute atomic E-state index is 0.0136. The minimum Gasteiger partial charge on any atom is -0.494 e. The molecule has 1 aromatic carbocycles. The Labute approximate surface area is 122 Å². The van der Waals surface area contributed by atoms with E-state index in [9.17, 15) is 4.79 Å². The highest BCUT2D eigenvalue weighted by Gasteiger charge is 2.04. The van der Waals surface area contributed by atoms with Crippen molar-refractivity contribution in [2.45, 2.75) is 18.4 Å². The number of aromatic amines is 1. The van der Waals surface area contributed by atoms with Gasteiger partial charge in [-0.2, -0.15) is 0 Å². The van der Waals surface area contributed by atoms with E-state index in [0.717, 1.165) is 16.5 Å². The first-order chi connectivity index (χ1) is 9.78. The first kappa shape index (κ1) is 14.5. The molecule has 1 heterocycles. The number of H-pyrrole nitrogens is 1. The number of rotatable bonds is 7.